The Bertz CT molecular complexity index is 401. The third kappa shape index (κ3) is 2.41. The maximum absolute atomic E-state index is 5.86. The fourth-order valence-electron chi connectivity index (χ4n) is 2.63. The van der Waals surface area contributed by atoms with Crippen molar-refractivity contribution in [3.8, 4) is 0 Å². The number of methoxy groups -OCH3 is 1. The maximum atomic E-state index is 5.86. The summed E-state index contributed by atoms with van der Waals surface area (Å²) in [7, 11) is 1.68. The first-order chi connectivity index (χ1) is 8.28. The van der Waals surface area contributed by atoms with Crippen molar-refractivity contribution in [2.45, 2.75) is 38.2 Å². The standard InChI is InChI=1S/C13H19N3O/c1-17-7-10-6-11(14)16-13(15-10)12(8-2-3-8)9-4-5-9/h6,8-9,12H,2-5,7H2,1H3,(H2,14,15,16). The highest BCUT2D eigenvalue weighted by molar-refractivity contribution is 5.31. The number of hydrogen-bond donors (Lipinski definition) is 1. The molecule has 1 aromatic rings. The molecule has 0 aliphatic heterocycles. The molecule has 2 N–H and O–H groups in total. The van der Waals surface area contributed by atoms with Gasteiger partial charge in [-0.2, -0.15) is 0 Å². The lowest BCUT2D eigenvalue weighted by Crippen LogP contribution is -2.12. The fraction of sp³-hybridized carbons (Fsp3) is 0.692. The van der Waals surface area contributed by atoms with E-state index >= 15 is 0 Å². The zero-order chi connectivity index (χ0) is 11.8. The highest BCUT2D eigenvalue weighted by atomic mass is 16.5. The van der Waals surface area contributed by atoms with Crippen LogP contribution >= 0.6 is 0 Å². The van der Waals surface area contributed by atoms with Crippen molar-refractivity contribution < 1.29 is 4.74 Å². The number of hydrogen-bond acceptors (Lipinski definition) is 4. The van der Waals surface area contributed by atoms with Gasteiger partial charge in [-0.1, -0.05) is 0 Å². The van der Waals surface area contributed by atoms with Gasteiger partial charge < -0.3 is 10.5 Å². The van der Waals surface area contributed by atoms with Crippen molar-refractivity contribution in [3.05, 3.63) is 17.6 Å². The van der Waals surface area contributed by atoms with Crippen molar-refractivity contribution in [1.82, 2.24) is 9.97 Å². The summed E-state index contributed by atoms with van der Waals surface area (Å²) in [6.07, 6.45) is 5.33. The number of aromatic nitrogens is 2. The number of ether oxygens (including phenoxy) is 1. The third-order valence-corrected chi connectivity index (χ3v) is 3.67. The molecule has 0 saturated heterocycles. The van der Waals surface area contributed by atoms with Gasteiger partial charge in [-0.15, -0.1) is 0 Å². The summed E-state index contributed by atoms with van der Waals surface area (Å²) in [4.78, 5) is 9.08. The first kappa shape index (κ1) is 11.0. The molecule has 0 atom stereocenters. The van der Waals surface area contributed by atoms with Crippen LogP contribution in [0.2, 0.25) is 0 Å². The van der Waals surface area contributed by atoms with Gasteiger partial charge in [0.15, 0.2) is 0 Å². The number of nitrogen functional groups attached to an aromatic ring is 1. The molecular weight excluding hydrogens is 214 g/mol. The summed E-state index contributed by atoms with van der Waals surface area (Å²) in [6.45, 7) is 0.516. The van der Waals surface area contributed by atoms with Crippen molar-refractivity contribution in [3.63, 3.8) is 0 Å². The van der Waals surface area contributed by atoms with Crippen LogP contribution in [0.25, 0.3) is 0 Å². The van der Waals surface area contributed by atoms with E-state index in [4.69, 9.17) is 10.5 Å². The largest absolute Gasteiger partial charge is 0.384 e. The van der Waals surface area contributed by atoms with E-state index in [9.17, 15) is 0 Å². The Kier molecular flexibility index (Phi) is 2.74. The van der Waals surface area contributed by atoms with Crippen LogP contribution in [0.4, 0.5) is 5.82 Å². The highest BCUT2D eigenvalue weighted by Gasteiger charge is 2.44. The van der Waals surface area contributed by atoms with Crippen molar-refractivity contribution in [2.75, 3.05) is 12.8 Å². The molecule has 0 amide bonds. The van der Waals surface area contributed by atoms with Crippen molar-refractivity contribution >= 4 is 5.82 Å². The van der Waals surface area contributed by atoms with E-state index in [2.05, 4.69) is 9.97 Å². The highest BCUT2D eigenvalue weighted by Crippen LogP contribution is 2.53. The molecule has 3 rings (SSSR count). The summed E-state index contributed by atoms with van der Waals surface area (Å²) >= 11 is 0. The lowest BCUT2D eigenvalue weighted by atomic mass is 9.97. The van der Waals surface area contributed by atoms with Crippen LogP contribution in [0.3, 0.4) is 0 Å². The zero-order valence-electron chi connectivity index (χ0n) is 10.2. The second-order valence-electron chi connectivity index (χ2n) is 5.28. The molecule has 2 aliphatic rings. The van der Waals surface area contributed by atoms with Gasteiger partial charge in [0.25, 0.3) is 0 Å². The van der Waals surface area contributed by atoms with E-state index in [0.29, 0.717) is 18.3 Å². The average Bonchev–Trinajstić information content (AvgIpc) is 3.11. The molecule has 4 heteroatoms. The molecule has 1 aromatic heterocycles. The number of rotatable bonds is 5. The predicted molar refractivity (Wildman–Crippen MR) is 65.3 cm³/mol. The van der Waals surface area contributed by atoms with Gasteiger partial charge in [-0.3, -0.25) is 0 Å². The molecule has 4 nitrogen and oxygen atoms in total. The zero-order valence-corrected chi connectivity index (χ0v) is 10.2. The van der Waals surface area contributed by atoms with Crippen molar-refractivity contribution in [2.24, 2.45) is 11.8 Å². The Morgan fingerprint density at radius 2 is 1.94 bits per heavy atom. The Hall–Kier alpha value is -1.16. The summed E-state index contributed by atoms with van der Waals surface area (Å²) in [5.41, 5.74) is 6.77. The van der Waals surface area contributed by atoms with E-state index < -0.39 is 0 Å². The normalized spacial score (nSPS) is 19.9. The Balaban J connectivity index is 1.88. The minimum Gasteiger partial charge on any atom is -0.384 e. The van der Waals surface area contributed by atoms with Gasteiger partial charge in [-0.05, 0) is 37.5 Å². The van der Waals surface area contributed by atoms with E-state index in [-0.39, 0.29) is 0 Å². The van der Waals surface area contributed by atoms with Crippen LogP contribution in [0, 0.1) is 11.8 Å². The van der Waals surface area contributed by atoms with Gasteiger partial charge in [0.05, 0.1) is 12.3 Å². The Morgan fingerprint density at radius 3 is 2.47 bits per heavy atom. The van der Waals surface area contributed by atoms with Gasteiger partial charge in [0.1, 0.15) is 11.6 Å². The SMILES string of the molecule is COCc1cc(N)nc(C(C2CC2)C2CC2)n1. The minimum atomic E-state index is 0.516. The van der Waals surface area contributed by atoms with Crippen LogP contribution in [0.1, 0.15) is 43.1 Å². The Morgan fingerprint density at radius 1 is 1.29 bits per heavy atom. The van der Waals surface area contributed by atoms with Gasteiger partial charge in [0, 0.05) is 19.1 Å². The van der Waals surface area contributed by atoms with Crippen LogP contribution in [0.15, 0.2) is 6.07 Å². The molecule has 1 heterocycles. The molecule has 2 aliphatic carbocycles. The number of anilines is 1. The fourth-order valence-corrected chi connectivity index (χ4v) is 2.63. The number of nitrogens with zero attached hydrogens (tertiary/aromatic N) is 2. The quantitative estimate of drug-likeness (QED) is 0.846. The maximum Gasteiger partial charge on any atom is 0.134 e. The van der Waals surface area contributed by atoms with Crippen molar-refractivity contribution in [1.29, 1.82) is 0 Å². The van der Waals surface area contributed by atoms with E-state index in [0.717, 1.165) is 23.4 Å². The van der Waals surface area contributed by atoms with Crippen LogP contribution in [0.5, 0.6) is 0 Å². The van der Waals surface area contributed by atoms with Crippen LogP contribution in [-0.2, 0) is 11.3 Å². The molecule has 92 valence electrons. The van der Waals surface area contributed by atoms with Gasteiger partial charge in [0.2, 0.25) is 0 Å². The predicted octanol–water partition coefficient (Wildman–Crippen LogP) is 2.11. The van der Waals surface area contributed by atoms with Gasteiger partial charge in [-0.25, -0.2) is 9.97 Å². The smallest absolute Gasteiger partial charge is 0.134 e. The number of nitrogens with two attached hydrogens (primary N) is 1. The molecule has 2 fully saturated rings. The average molecular weight is 233 g/mol. The first-order valence-corrected chi connectivity index (χ1v) is 6.40. The third-order valence-electron chi connectivity index (χ3n) is 3.67. The van der Waals surface area contributed by atoms with E-state index in [1.807, 2.05) is 6.07 Å². The molecule has 0 radical (unpaired) electrons. The van der Waals surface area contributed by atoms with Crippen LogP contribution < -0.4 is 5.73 Å². The minimum absolute atomic E-state index is 0.516. The summed E-state index contributed by atoms with van der Waals surface area (Å²) in [5, 5.41) is 0. The summed E-state index contributed by atoms with van der Waals surface area (Å²) in [5.74, 6) is 3.70. The molecule has 0 aromatic carbocycles. The van der Waals surface area contributed by atoms with E-state index in [1.165, 1.54) is 25.7 Å². The second-order valence-corrected chi connectivity index (χ2v) is 5.28. The summed E-state index contributed by atoms with van der Waals surface area (Å²) in [6, 6.07) is 1.81. The molecule has 0 unspecified atom stereocenters. The molecule has 0 spiro atoms. The molecule has 17 heavy (non-hydrogen) atoms. The lowest BCUT2D eigenvalue weighted by Gasteiger charge is -2.15. The molecular formula is C13H19N3O. The second kappa shape index (κ2) is 4.26. The van der Waals surface area contributed by atoms with E-state index in [1.54, 1.807) is 7.11 Å². The monoisotopic (exact) mass is 233 g/mol. The topological polar surface area (TPSA) is 61.0 Å². The van der Waals surface area contributed by atoms with Gasteiger partial charge >= 0.3 is 0 Å². The lowest BCUT2D eigenvalue weighted by molar-refractivity contribution is 0.181. The molecule has 2 saturated carbocycles. The first-order valence-electron chi connectivity index (χ1n) is 6.40. The Labute approximate surface area is 102 Å². The molecule has 0 bridgehead atoms. The summed E-state index contributed by atoms with van der Waals surface area (Å²) < 4.78 is 5.12. The van der Waals surface area contributed by atoms with Crippen LogP contribution in [-0.4, -0.2) is 17.1 Å².